The van der Waals surface area contributed by atoms with Crippen LogP contribution in [0.2, 0.25) is 0 Å². The van der Waals surface area contributed by atoms with Crippen molar-refractivity contribution in [2.24, 2.45) is 35.5 Å². The van der Waals surface area contributed by atoms with Crippen molar-refractivity contribution in [1.82, 2.24) is 0 Å². The molecule has 0 bridgehead atoms. The lowest BCUT2D eigenvalue weighted by atomic mass is 9.64. The van der Waals surface area contributed by atoms with Crippen molar-refractivity contribution in [3.05, 3.63) is 0 Å². The fraction of sp³-hybridized carbons (Fsp3) is 1.00. The van der Waals surface area contributed by atoms with Gasteiger partial charge in [-0.25, -0.2) is 0 Å². The average Bonchev–Trinajstić information content (AvgIpc) is 2.31. The number of hydrogen-bond acceptors (Lipinski definition) is 1. The minimum atomic E-state index is 0.595. The van der Waals surface area contributed by atoms with Gasteiger partial charge in [0.1, 0.15) is 0 Å². The van der Waals surface area contributed by atoms with Crippen LogP contribution in [0, 0.1) is 35.5 Å². The molecule has 3 aliphatic rings. The molecule has 0 N–H and O–H groups in total. The zero-order chi connectivity index (χ0) is 12.9. The molecular weight excluding hydrogens is 220 g/mol. The average molecular weight is 250 g/mol. The van der Waals surface area contributed by atoms with Crippen LogP contribution in [0.1, 0.15) is 59.8 Å². The Labute approximate surface area is 113 Å². The van der Waals surface area contributed by atoms with Gasteiger partial charge in [-0.05, 0) is 67.6 Å². The molecule has 0 aromatic rings. The molecule has 3 rings (SSSR count). The highest BCUT2D eigenvalue weighted by Gasteiger charge is 2.45. The van der Waals surface area contributed by atoms with Gasteiger partial charge in [-0.2, -0.15) is 0 Å². The zero-order valence-corrected chi connectivity index (χ0v) is 12.6. The van der Waals surface area contributed by atoms with E-state index in [9.17, 15) is 0 Å². The predicted octanol–water partition coefficient (Wildman–Crippen LogP) is 4.51. The van der Waals surface area contributed by atoms with E-state index in [2.05, 4.69) is 27.7 Å². The Bertz CT molecular complexity index is 242. The van der Waals surface area contributed by atoms with E-state index in [0.29, 0.717) is 12.2 Å². The molecule has 8 atom stereocenters. The predicted molar refractivity (Wildman–Crippen MR) is 75.4 cm³/mol. The molecule has 0 aromatic carbocycles. The molecule has 2 aliphatic carbocycles. The van der Waals surface area contributed by atoms with Gasteiger partial charge in [0.2, 0.25) is 0 Å². The van der Waals surface area contributed by atoms with Crippen LogP contribution in [0.5, 0.6) is 0 Å². The van der Waals surface area contributed by atoms with Gasteiger partial charge in [-0.15, -0.1) is 0 Å². The first-order valence-corrected chi connectivity index (χ1v) is 8.20. The molecule has 0 spiro atoms. The van der Waals surface area contributed by atoms with Crippen LogP contribution >= 0.6 is 0 Å². The second-order valence-electron chi connectivity index (χ2n) is 7.82. The van der Waals surface area contributed by atoms with Crippen LogP contribution in [0.4, 0.5) is 0 Å². The second kappa shape index (κ2) is 4.81. The minimum Gasteiger partial charge on any atom is -0.374 e. The first kappa shape index (κ1) is 13.0. The fourth-order valence-electron chi connectivity index (χ4n) is 4.75. The summed E-state index contributed by atoms with van der Waals surface area (Å²) < 4.78 is 6.53. The maximum atomic E-state index is 6.53. The van der Waals surface area contributed by atoms with Gasteiger partial charge < -0.3 is 4.74 Å². The Morgan fingerprint density at radius 3 is 1.39 bits per heavy atom. The van der Waals surface area contributed by atoms with E-state index in [1.807, 2.05) is 0 Å². The number of rotatable bonds is 0. The standard InChI is InChI=1S/C17H30O/c1-10-5-14-9-15-6-11(2)13(4)8-17(15)18-16(14)7-12(10)3/h10-17H,5-9H2,1-4H3/t10-,11+,12+,13-,14?,15?,16?,17?. The molecule has 4 unspecified atom stereocenters. The van der Waals surface area contributed by atoms with Crippen LogP contribution in [0.25, 0.3) is 0 Å². The third-order valence-electron chi connectivity index (χ3n) is 6.51. The molecule has 1 heteroatoms. The van der Waals surface area contributed by atoms with E-state index < -0.39 is 0 Å². The lowest BCUT2D eigenvalue weighted by molar-refractivity contribution is -0.165. The Balaban J connectivity index is 1.69. The molecule has 0 amide bonds. The van der Waals surface area contributed by atoms with Crippen molar-refractivity contribution >= 4 is 0 Å². The van der Waals surface area contributed by atoms with Crippen molar-refractivity contribution in [3.63, 3.8) is 0 Å². The smallest absolute Gasteiger partial charge is 0.0610 e. The van der Waals surface area contributed by atoms with Crippen molar-refractivity contribution < 1.29 is 4.74 Å². The zero-order valence-electron chi connectivity index (χ0n) is 12.6. The van der Waals surface area contributed by atoms with Crippen LogP contribution < -0.4 is 0 Å². The van der Waals surface area contributed by atoms with Crippen molar-refractivity contribution in [2.75, 3.05) is 0 Å². The van der Waals surface area contributed by atoms with Gasteiger partial charge in [0.15, 0.2) is 0 Å². The van der Waals surface area contributed by atoms with Crippen LogP contribution in [0.15, 0.2) is 0 Å². The highest BCUT2D eigenvalue weighted by atomic mass is 16.5. The normalized spacial score (nSPS) is 56.7. The van der Waals surface area contributed by atoms with Crippen LogP contribution in [-0.4, -0.2) is 12.2 Å². The van der Waals surface area contributed by atoms with Crippen molar-refractivity contribution in [3.8, 4) is 0 Å². The molecule has 104 valence electrons. The first-order valence-electron chi connectivity index (χ1n) is 8.20. The van der Waals surface area contributed by atoms with E-state index in [0.717, 1.165) is 35.5 Å². The van der Waals surface area contributed by atoms with Gasteiger partial charge in [0, 0.05) is 0 Å². The summed E-state index contributed by atoms with van der Waals surface area (Å²) in [6.07, 6.45) is 8.12. The summed E-state index contributed by atoms with van der Waals surface area (Å²) >= 11 is 0. The molecule has 1 saturated heterocycles. The van der Waals surface area contributed by atoms with Crippen LogP contribution in [0.3, 0.4) is 0 Å². The molecule has 0 radical (unpaired) electrons. The quantitative estimate of drug-likeness (QED) is 0.614. The second-order valence-corrected chi connectivity index (χ2v) is 7.82. The summed E-state index contributed by atoms with van der Waals surface area (Å²) in [5, 5.41) is 0. The van der Waals surface area contributed by atoms with Gasteiger partial charge in [-0.1, -0.05) is 27.7 Å². The SMILES string of the molecule is C[C@@H]1CC2OC3C[C@H](C)[C@H](C)CC3CC2C[C@@H]1C. The lowest BCUT2D eigenvalue weighted by Crippen LogP contribution is -2.48. The van der Waals surface area contributed by atoms with Gasteiger partial charge >= 0.3 is 0 Å². The van der Waals surface area contributed by atoms with E-state index in [-0.39, 0.29) is 0 Å². The lowest BCUT2D eigenvalue weighted by Gasteiger charge is -2.51. The molecule has 1 nitrogen and oxygen atoms in total. The highest BCUT2D eigenvalue weighted by molar-refractivity contribution is 4.94. The van der Waals surface area contributed by atoms with Gasteiger partial charge in [-0.3, -0.25) is 0 Å². The maximum Gasteiger partial charge on any atom is 0.0610 e. The summed E-state index contributed by atoms with van der Waals surface area (Å²) in [4.78, 5) is 0. The molecule has 0 aromatic heterocycles. The Hall–Kier alpha value is -0.0400. The van der Waals surface area contributed by atoms with Gasteiger partial charge in [0.05, 0.1) is 12.2 Å². The third-order valence-corrected chi connectivity index (χ3v) is 6.51. The molecular formula is C17H30O. The monoisotopic (exact) mass is 250 g/mol. The Kier molecular flexibility index (Phi) is 3.47. The van der Waals surface area contributed by atoms with Crippen molar-refractivity contribution in [1.29, 1.82) is 0 Å². The summed E-state index contributed by atoms with van der Waals surface area (Å²) in [5.74, 6) is 5.29. The maximum absolute atomic E-state index is 6.53. The van der Waals surface area contributed by atoms with E-state index in [4.69, 9.17) is 4.74 Å². The van der Waals surface area contributed by atoms with E-state index in [1.54, 1.807) is 0 Å². The summed E-state index contributed by atoms with van der Waals surface area (Å²) in [5.41, 5.74) is 0. The summed E-state index contributed by atoms with van der Waals surface area (Å²) in [6.45, 7) is 9.72. The van der Waals surface area contributed by atoms with Crippen molar-refractivity contribution in [2.45, 2.75) is 72.0 Å². The summed E-state index contributed by atoms with van der Waals surface area (Å²) in [6, 6.07) is 0. The minimum absolute atomic E-state index is 0.595. The van der Waals surface area contributed by atoms with E-state index in [1.165, 1.54) is 32.1 Å². The molecule has 3 fully saturated rings. The molecule has 18 heavy (non-hydrogen) atoms. The number of ether oxygens (including phenoxy) is 1. The van der Waals surface area contributed by atoms with E-state index >= 15 is 0 Å². The van der Waals surface area contributed by atoms with Crippen LogP contribution in [-0.2, 0) is 4.74 Å². The first-order chi connectivity index (χ1) is 8.54. The topological polar surface area (TPSA) is 9.23 Å². The summed E-state index contributed by atoms with van der Waals surface area (Å²) in [7, 11) is 0. The Morgan fingerprint density at radius 1 is 0.556 bits per heavy atom. The highest BCUT2D eigenvalue weighted by Crippen LogP contribution is 2.48. The molecule has 2 saturated carbocycles. The molecule has 1 heterocycles. The Morgan fingerprint density at radius 2 is 0.944 bits per heavy atom. The van der Waals surface area contributed by atoms with Gasteiger partial charge in [0.25, 0.3) is 0 Å². The fourth-order valence-corrected chi connectivity index (χ4v) is 4.75. The molecule has 1 aliphatic heterocycles. The number of hydrogen-bond donors (Lipinski definition) is 0. The number of fused-ring (bicyclic) bond motifs is 2. The third kappa shape index (κ3) is 2.24. The largest absolute Gasteiger partial charge is 0.374 e.